The van der Waals surface area contributed by atoms with E-state index in [1.54, 1.807) is 67.8 Å². The van der Waals surface area contributed by atoms with E-state index in [2.05, 4.69) is 63.1 Å². The molecular formula is C83H116N20O21S. The Morgan fingerprint density at radius 2 is 0.976 bits per heavy atom. The number of amides is 17. The Morgan fingerprint density at radius 1 is 0.488 bits per heavy atom. The maximum absolute atomic E-state index is 15.1. The summed E-state index contributed by atoms with van der Waals surface area (Å²) in [6, 6.07) is -2.29. The molecule has 14 atom stereocenters. The van der Waals surface area contributed by atoms with E-state index in [9.17, 15) is 92.3 Å². The van der Waals surface area contributed by atoms with Gasteiger partial charge in [0.2, 0.25) is 100 Å². The van der Waals surface area contributed by atoms with Crippen molar-refractivity contribution in [2.75, 3.05) is 78.6 Å². The number of likely N-dealkylation sites (N-methyl/N-ethyl adjacent to an activating group) is 3. The molecule has 0 radical (unpaired) electrons. The molecule has 22 N–H and O–H groups in total. The molecule has 42 heteroatoms. The third-order valence-electron chi connectivity index (χ3n) is 22.5. The number of hydrogen-bond acceptors (Lipinski definition) is 23. The molecule has 41 nitrogen and oxygen atoms in total. The summed E-state index contributed by atoms with van der Waals surface area (Å²) in [6.45, 7) is 0.775. The monoisotopic (exact) mass is 1760 g/mol. The van der Waals surface area contributed by atoms with Crippen LogP contribution in [-0.2, 0) is 101 Å². The number of hydrogen-bond donors (Lipinski definition) is 19. The van der Waals surface area contributed by atoms with E-state index in [1.165, 1.54) is 59.3 Å². The number of phenolic OH excluding ortho intramolecular Hbond substituents is 1. The van der Waals surface area contributed by atoms with Crippen LogP contribution < -0.4 is 70.4 Å². The molecule has 2 aromatic heterocycles. The Labute approximate surface area is 725 Å². The summed E-state index contributed by atoms with van der Waals surface area (Å²) in [5.41, 5.74) is 19.6. The van der Waals surface area contributed by atoms with Crippen LogP contribution in [0.15, 0.2) is 85.2 Å². The number of carbonyl (C=O) groups is 17. The Balaban J connectivity index is 1.14. The minimum atomic E-state index is -1.86. The molecule has 3 aliphatic rings. The number of aliphatic hydroxyl groups excluding tert-OH is 3. The van der Waals surface area contributed by atoms with E-state index in [0.717, 1.165) is 36.3 Å². The molecule has 17 amide bonds. The van der Waals surface area contributed by atoms with E-state index in [-0.39, 0.29) is 89.6 Å². The van der Waals surface area contributed by atoms with Gasteiger partial charge in [-0.25, -0.2) is 0 Å². The summed E-state index contributed by atoms with van der Waals surface area (Å²) < 4.78 is 0. The van der Waals surface area contributed by atoms with E-state index in [4.69, 9.17) is 17.2 Å². The van der Waals surface area contributed by atoms with Crippen molar-refractivity contribution in [3.05, 3.63) is 102 Å². The number of nitrogens with one attached hydrogen (secondary N) is 12. The van der Waals surface area contributed by atoms with Crippen molar-refractivity contribution >= 4 is 134 Å². The zero-order chi connectivity index (χ0) is 91.5. The molecule has 125 heavy (non-hydrogen) atoms. The van der Waals surface area contributed by atoms with Gasteiger partial charge in [-0.15, -0.1) is 11.8 Å². The number of nitrogens with two attached hydrogens (primary N) is 3. The summed E-state index contributed by atoms with van der Waals surface area (Å²) in [7, 11) is 3.79. The quantitative estimate of drug-likeness (QED) is 0.0289. The predicted octanol–water partition coefficient (Wildman–Crippen LogP) is -4.84. The maximum atomic E-state index is 15.1. The minimum absolute atomic E-state index is 0.00504. The zero-order valence-corrected chi connectivity index (χ0v) is 71.6. The Kier molecular flexibility index (Phi) is 36.9. The third-order valence-corrected chi connectivity index (χ3v) is 23.6. The van der Waals surface area contributed by atoms with E-state index < -0.39 is 236 Å². The van der Waals surface area contributed by atoms with Gasteiger partial charge in [-0.3, -0.25) is 81.5 Å². The van der Waals surface area contributed by atoms with E-state index >= 15 is 9.59 Å². The van der Waals surface area contributed by atoms with Crippen molar-refractivity contribution < 1.29 is 102 Å². The fourth-order valence-electron chi connectivity index (χ4n) is 15.2. The van der Waals surface area contributed by atoms with Crippen LogP contribution in [0.1, 0.15) is 115 Å². The van der Waals surface area contributed by atoms with Gasteiger partial charge in [-0.05, 0) is 119 Å². The van der Waals surface area contributed by atoms with Crippen molar-refractivity contribution in [1.29, 1.82) is 0 Å². The van der Waals surface area contributed by atoms with E-state index in [1.807, 2.05) is 0 Å². The first kappa shape index (κ1) is 98.2. The van der Waals surface area contributed by atoms with Gasteiger partial charge >= 0.3 is 0 Å². The second kappa shape index (κ2) is 47.0. The molecule has 5 aromatic rings. The number of rotatable bonds is 22. The number of benzene rings is 3. The zero-order valence-electron chi connectivity index (χ0n) is 70.7. The van der Waals surface area contributed by atoms with Gasteiger partial charge < -0.3 is 125 Å². The highest BCUT2D eigenvalue weighted by Gasteiger charge is 2.45. The van der Waals surface area contributed by atoms with Crippen LogP contribution >= 0.6 is 11.8 Å². The van der Waals surface area contributed by atoms with Crippen molar-refractivity contribution in [2.24, 2.45) is 17.2 Å². The molecule has 0 bridgehead atoms. The third kappa shape index (κ3) is 26.6. The first-order chi connectivity index (χ1) is 59.6. The average molecular weight is 1760 g/mol. The SMILES string of the molecule is CCCC[C@H]1C(=O)N[C@H](CC(N)=O)C(=O)N2CCC[C@H]2C(=O)N[C@@H](CO)C(=O)N[C@@H](CCO)C(=O)N2CCC[C@H]2C(=O)N[C@@H](Cc2c[nH]c3ccccc23)C(=O)N[C@@H](CO)C(=O)N[C@@H](Cc2c[nH]c3ccccc23)C(=O)N(C)[C@@H](C)C(=O)N(C)[C@@H](C)C(=O)N[C@@H](CCCCN)C(=O)N[C@H](C(=O)NCC(N)=O)CSCC(=O)N[C@@H](Cc2ccc(O)cc2)C(=O)N1C. The predicted molar refractivity (Wildman–Crippen MR) is 455 cm³/mol. The first-order valence-electron chi connectivity index (χ1n) is 41.6. The summed E-state index contributed by atoms with van der Waals surface area (Å²) >= 11 is 0.776. The maximum Gasteiger partial charge on any atom is 0.246 e. The lowest BCUT2D eigenvalue weighted by molar-refractivity contribution is -0.148. The number of aliphatic hydroxyl groups is 3. The van der Waals surface area contributed by atoms with Gasteiger partial charge in [0.1, 0.15) is 90.3 Å². The normalized spacial score (nSPS) is 25.2. The van der Waals surface area contributed by atoms with Crippen LogP contribution in [0.5, 0.6) is 5.75 Å². The first-order valence-corrected chi connectivity index (χ1v) is 42.7. The number of H-pyrrole nitrogens is 2. The summed E-state index contributed by atoms with van der Waals surface area (Å²) in [5.74, 6) is -17.4. The largest absolute Gasteiger partial charge is 0.508 e. The molecule has 0 unspecified atom stereocenters. The van der Waals surface area contributed by atoms with Gasteiger partial charge in [0, 0.05) is 100 Å². The van der Waals surface area contributed by atoms with Crippen LogP contribution in [0.4, 0.5) is 0 Å². The summed E-state index contributed by atoms with van der Waals surface area (Å²) in [6.07, 6.45) is 2.58. The van der Waals surface area contributed by atoms with Crippen molar-refractivity contribution in [1.82, 2.24) is 87.6 Å². The standard InChI is InChI=1S/C83H116N20O21S/c1-7-8-22-64-76(117)95-60(37-67(85)108)83(124)103-32-16-24-66(103)78(119)97-62(42-106)74(115)92-56(29-33-104)82(123)102-31-15-23-65(102)77(118)93-57(35-48-38-87-53-19-11-9-17-51(48)53)73(114)96-61(41-105)75(116)94-59(36-49-39-88-54-20-12-10-18-52(49)54)80(121)100(5)46(3)79(120)99(4)45(2)70(111)91-55(21-13-14-30-84)72(113)98-63(71(112)89-40-68(86)109)43-125-44-69(110)90-58(81(122)101(64)6)34-47-25-27-50(107)28-26-47/h9-12,17-20,25-28,38-39,45-46,55-66,87-88,104-107H,7-8,13-16,21-24,29-37,40-44,84H2,1-6H3,(H2,85,108)(H2,86,109)(H,89,112)(H,90,110)(H,91,111)(H,92,115)(H,93,118)(H,94,116)(H,95,117)(H,96,114)(H,97,119)(H,98,113)/t45-,46-,55-,56-,57-,58-,59-,60+,61-,62-,63-,64-,65-,66-/m0/s1. The van der Waals surface area contributed by atoms with Gasteiger partial charge in [0.15, 0.2) is 0 Å². The highest BCUT2D eigenvalue weighted by atomic mass is 32.2. The van der Waals surface area contributed by atoms with Crippen molar-refractivity contribution in [3.63, 3.8) is 0 Å². The van der Waals surface area contributed by atoms with Crippen LogP contribution in [0.2, 0.25) is 0 Å². The van der Waals surface area contributed by atoms with E-state index in [0.29, 0.717) is 57.8 Å². The molecule has 3 fully saturated rings. The Hall–Kier alpha value is -12.3. The molecule has 3 saturated heterocycles. The smallest absolute Gasteiger partial charge is 0.246 e. The number of unbranched alkanes of at least 4 members (excludes halogenated alkanes) is 2. The van der Waals surface area contributed by atoms with Gasteiger partial charge in [-0.2, -0.15) is 0 Å². The van der Waals surface area contributed by atoms with Crippen LogP contribution in [-0.4, -0.2) is 319 Å². The molecular weight excluding hydrogens is 1650 g/mol. The summed E-state index contributed by atoms with van der Waals surface area (Å²) in [5, 5.41) is 69.1. The number of aromatic hydroxyl groups is 1. The molecule has 3 aliphatic heterocycles. The topological polar surface area (TPSA) is 617 Å². The summed E-state index contributed by atoms with van der Waals surface area (Å²) in [4.78, 5) is 256. The van der Waals surface area contributed by atoms with Crippen LogP contribution in [0.3, 0.4) is 0 Å². The molecule has 0 aliphatic carbocycles. The number of nitrogens with zero attached hydrogens (tertiary/aromatic N) is 5. The fraction of sp³-hybridized carbons (Fsp3) is 0.530. The van der Waals surface area contributed by atoms with Gasteiger partial charge in [0.05, 0.1) is 31.9 Å². The second-order valence-electron chi connectivity index (χ2n) is 31.4. The number of para-hydroxylation sites is 2. The highest BCUT2D eigenvalue weighted by Crippen LogP contribution is 2.27. The molecule has 8 rings (SSSR count). The number of aromatic nitrogens is 2. The highest BCUT2D eigenvalue weighted by molar-refractivity contribution is 8.00. The van der Waals surface area contributed by atoms with Crippen LogP contribution in [0.25, 0.3) is 21.8 Å². The lowest BCUT2D eigenvalue weighted by atomic mass is 10.0. The minimum Gasteiger partial charge on any atom is -0.508 e. The van der Waals surface area contributed by atoms with Gasteiger partial charge in [-0.1, -0.05) is 68.3 Å². The van der Waals surface area contributed by atoms with Crippen molar-refractivity contribution in [2.45, 2.75) is 202 Å². The molecule has 0 saturated carbocycles. The average Bonchev–Trinajstić information content (AvgIpc) is 1.73. The number of aromatic amines is 2. The second-order valence-corrected chi connectivity index (χ2v) is 32.4. The molecule has 5 heterocycles. The number of fused-ring (bicyclic) bond motifs is 4. The molecule has 680 valence electrons. The van der Waals surface area contributed by atoms with Crippen molar-refractivity contribution in [3.8, 4) is 5.75 Å². The number of carbonyl (C=O) groups excluding carboxylic acids is 17. The lowest BCUT2D eigenvalue weighted by Gasteiger charge is -2.34. The molecule has 3 aromatic carbocycles. The number of phenols is 1. The molecule has 0 spiro atoms. The van der Waals surface area contributed by atoms with Crippen LogP contribution in [0, 0.1) is 0 Å². The number of thioether (sulfide) groups is 1. The fourth-order valence-corrected chi connectivity index (χ4v) is 16.1. The lowest BCUT2D eigenvalue weighted by Crippen LogP contribution is -2.61. The van der Waals surface area contributed by atoms with Gasteiger partial charge in [0.25, 0.3) is 0 Å². The Morgan fingerprint density at radius 3 is 1.53 bits per heavy atom. The Bertz CT molecular complexity index is 4700. The number of primary amides is 2.